The fraction of sp³-hybridized carbons (Fsp3) is 0.103. The lowest BCUT2D eigenvalue weighted by Crippen LogP contribution is -2.45. The molecule has 5 rings (SSSR count). The Kier molecular flexibility index (Phi) is 6.15. The Morgan fingerprint density at radius 2 is 1.65 bits per heavy atom. The Morgan fingerprint density at radius 3 is 2.35 bits per heavy atom. The van der Waals surface area contributed by atoms with Crippen LogP contribution in [0.2, 0.25) is 0 Å². The molecule has 1 saturated heterocycles. The van der Waals surface area contributed by atoms with Gasteiger partial charge in [-0.15, -0.1) is 0 Å². The van der Waals surface area contributed by atoms with Gasteiger partial charge in [0.05, 0.1) is 25.4 Å². The molecule has 4 aromatic carbocycles. The molecule has 8 nitrogen and oxygen atoms in total. The van der Waals surface area contributed by atoms with Crippen molar-refractivity contribution in [3.05, 3.63) is 119 Å². The van der Waals surface area contributed by atoms with Crippen LogP contribution >= 0.6 is 0 Å². The van der Waals surface area contributed by atoms with Crippen LogP contribution in [-0.2, 0) is 21.6 Å². The number of amides is 3. The van der Waals surface area contributed by atoms with E-state index in [2.05, 4.69) is 10.4 Å². The highest BCUT2D eigenvalue weighted by molar-refractivity contribution is 6.09. The Labute approximate surface area is 213 Å². The molecule has 3 N–H and O–H groups in total. The second-order valence-electron chi connectivity index (χ2n) is 8.73. The SMILES string of the molecule is COC(=O)c1ccc(C2(c3ccccc3)NC(=O)N(Cc3ccc4ccc(C=NN)cc4c3)C2=O)cc1. The van der Waals surface area contributed by atoms with Crippen molar-refractivity contribution < 1.29 is 19.1 Å². The van der Waals surface area contributed by atoms with Gasteiger partial charge in [-0.3, -0.25) is 9.69 Å². The van der Waals surface area contributed by atoms with Crippen LogP contribution in [0.5, 0.6) is 0 Å². The van der Waals surface area contributed by atoms with Crippen LogP contribution in [-0.4, -0.2) is 36.1 Å². The maximum Gasteiger partial charge on any atom is 0.337 e. The van der Waals surface area contributed by atoms with Crippen molar-refractivity contribution in [3.8, 4) is 0 Å². The lowest BCUT2D eigenvalue weighted by atomic mass is 9.82. The highest BCUT2D eigenvalue weighted by Gasteiger charge is 2.53. The number of urea groups is 1. The molecular weight excluding hydrogens is 468 g/mol. The highest BCUT2D eigenvalue weighted by atomic mass is 16.5. The quantitative estimate of drug-likeness (QED) is 0.139. The first-order valence-corrected chi connectivity index (χ1v) is 11.6. The molecule has 1 aliphatic rings. The summed E-state index contributed by atoms with van der Waals surface area (Å²) >= 11 is 0. The molecule has 1 aliphatic heterocycles. The van der Waals surface area contributed by atoms with E-state index in [4.69, 9.17) is 10.6 Å². The monoisotopic (exact) mass is 492 g/mol. The first-order valence-electron chi connectivity index (χ1n) is 11.6. The molecule has 184 valence electrons. The largest absolute Gasteiger partial charge is 0.465 e. The third-order valence-electron chi connectivity index (χ3n) is 6.54. The second kappa shape index (κ2) is 9.58. The van der Waals surface area contributed by atoms with E-state index in [1.54, 1.807) is 42.6 Å². The topological polar surface area (TPSA) is 114 Å². The number of hydrogen-bond acceptors (Lipinski definition) is 6. The van der Waals surface area contributed by atoms with Gasteiger partial charge in [0, 0.05) is 0 Å². The van der Waals surface area contributed by atoms with Crippen LogP contribution in [0.4, 0.5) is 4.79 Å². The molecule has 37 heavy (non-hydrogen) atoms. The smallest absolute Gasteiger partial charge is 0.337 e. The molecule has 0 aliphatic carbocycles. The Bertz CT molecular complexity index is 1530. The van der Waals surface area contributed by atoms with E-state index in [0.717, 1.165) is 21.9 Å². The Balaban J connectivity index is 1.53. The molecule has 0 bridgehead atoms. The number of carbonyl (C=O) groups excluding carboxylic acids is 3. The van der Waals surface area contributed by atoms with E-state index in [-0.39, 0.29) is 6.54 Å². The molecule has 1 fully saturated rings. The predicted molar refractivity (Wildman–Crippen MR) is 140 cm³/mol. The first-order chi connectivity index (χ1) is 18.0. The number of ether oxygens (including phenoxy) is 1. The van der Waals surface area contributed by atoms with Crippen LogP contribution in [0.3, 0.4) is 0 Å². The third-order valence-corrected chi connectivity index (χ3v) is 6.54. The normalized spacial score (nSPS) is 17.4. The van der Waals surface area contributed by atoms with Crippen molar-refractivity contribution >= 4 is 34.9 Å². The van der Waals surface area contributed by atoms with Crippen molar-refractivity contribution in [3.63, 3.8) is 0 Å². The Morgan fingerprint density at radius 1 is 0.946 bits per heavy atom. The van der Waals surface area contributed by atoms with Gasteiger partial charge >= 0.3 is 12.0 Å². The summed E-state index contributed by atoms with van der Waals surface area (Å²) < 4.78 is 4.79. The lowest BCUT2D eigenvalue weighted by Gasteiger charge is -2.28. The number of nitrogens with zero attached hydrogens (tertiary/aromatic N) is 2. The number of methoxy groups -OCH3 is 1. The van der Waals surface area contributed by atoms with Crippen LogP contribution < -0.4 is 11.2 Å². The molecule has 0 aromatic heterocycles. The average molecular weight is 493 g/mol. The van der Waals surface area contributed by atoms with Gasteiger partial charge in [-0.05, 0) is 57.3 Å². The number of benzene rings is 4. The number of rotatable bonds is 6. The van der Waals surface area contributed by atoms with Crippen molar-refractivity contribution in [1.82, 2.24) is 10.2 Å². The molecule has 1 heterocycles. The number of nitrogens with two attached hydrogens (primary N) is 1. The van der Waals surface area contributed by atoms with Crippen LogP contribution in [0.25, 0.3) is 10.8 Å². The molecule has 8 heteroatoms. The second-order valence-corrected chi connectivity index (χ2v) is 8.73. The number of imide groups is 1. The van der Waals surface area contributed by atoms with E-state index in [1.807, 2.05) is 54.6 Å². The summed E-state index contributed by atoms with van der Waals surface area (Å²) in [5, 5.41) is 8.46. The van der Waals surface area contributed by atoms with Gasteiger partial charge in [0.1, 0.15) is 0 Å². The van der Waals surface area contributed by atoms with E-state index in [0.29, 0.717) is 16.7 Å². The van der Waals surface area contributed by atoms with Crippen LogP contribution in [0.1, 0.15) is 32.6 Å². The van der Waals surface area contributed by atoms with E-state index >= 15 is 0 Å². The minimum atomic E-state index is -1.44. The molecule has 3 amide bonds. The molecule has 4 aromatic rings. The number of esters is 1. The molecule has 0 radical (unpaired) electrons. The van der Waals surface area contributed by atoms with Gasteiger partial charge in [0.2, 0.25) is 0 Å². The third kappa shape index (κ3) is 4.18. The van der Waals surface area contributed by atoms with Crippen LogP contribution in [0, 0.1) is 0 Å². The van der Waals surface area contributed by atoms with Gasteiger partial charge in [-0.25, -0.2) is 9.59 Å². The average Bonchev–Trinajstić information content (AvgIpc) is 3.19. The fourth-order valence-electron chi connectivity index (χ4n) is 4.70. The van der Waals surface area contributed by atoms with Crippen molar-refractivity contribution in [2.75, 3.05) is 7.11 Å². The maximum atomic E-state index is 14.0. The molecule has 0 spiro atoms. The minimum absolute atomic E-state index is 0.0879. The van der Waals surface area contributed by atoms with Gasteiger partial charge in [-0.2, -0.15) is 5.10 Å². The maximum absolute atomic E-state index is 14.0. The lowest BCUT2D eigenvalue weighted by molar-refractivity contribution is -0.130. The van der Waals surface area contributed by atoms with Crippen LogP contribution in [0.15, 0.2) is 96.1 Å². The zero-order valence-corrected chi connectivity index (χ0v) is 20.0. The zero-order chi connectivity index (χ0) is 26.0. The number of carbonyl (C=O) groups is 3. The highest BCUT2D eigenvalue weighted by Crippen LogP contribution is 2.37. The summed E-state index contributed by atoms with van der Waals surface area (Å²) in [6.45, 7) is 0.0879. The fourth-order valence-corrected chi connectivity index (χ4v) is 4.70. The first kappa shape index (κ1) is 23.7. The molecule has 1 unspecified atom stereocenters. The summed E-state index contributed by atoms with van der Waals surface area (Å²) in [4.78, 5) is 40.5. The van der Waals surface area contributed by atoms with Crippen molar-refractivity contribution in [2.45, 2.75) is 12.1 Å². The van der Waals surface area contributed by atoms with Crippen molar-refractivity contribution in [1.29, 1.82) is 0 Å². The molecule has 1 atom stereocenters. The summed E-state index contributed by atoms with van der Waals surface area (Å²) in [6.07, 6.45) is 1.56. The molecule has 0 saturated carbocycles. The van der Waals surface area contributed by atoms with Gasteiger partial charge in [0.15, 0.2) is 5.54 Å². The Hall–Kier alpha value is -4.98. The summed E-state index contributed by atoms with van der Waals surface area (Å²) in [5.41, 5.74) is 1.71. The van der Waals surface area contributed by atoms with Crippen molar-refractivity contribution in [2.24, 2.45) is 10.9 Å². The number of hydrogen-bond donors (Lipinski definition) is 2. The number of nitrogens with one attached hydrogen (secondary N) is 1. The van der Waals surface area contributed by atoms with Gasteiger partial charge in [0.25, 0.3) is 5.91 Å². The number of hydrazone groups is 1. The standard InChI is InChI=1S/C29H24N4O4/c1-37-26(34)22-11-13-25(14-12-22)29(24-5-3-2-4-6-24)27(35)33(28(36)32-29)18-20-8-10-21-9-7-19(17-31-30)15-23(21)16-20/h2-17H,18,30H2,1H3,(H,32,36). The zero-order valence-electron chi connectivity index (χ0n) is 20.0. The van der Waals surface area contributed by atoms with E-state index < -0.39 is 23.4 Å². The van der Waals surface area contributed by atoms with E-state index in [9.17, 15) is 14.4 Å². The molecular formula is C29H24N4O4. The summed E-state index contributed by atoms with van der Waals surface area (Å²) in [5.74, 6) is 4.39. The van der Waals surface area contributed by atoms with Gasteiger partial charge < -0.3 is 15.9 Å². The summed E-state index contributed by atoms with van der Waals surface area (Å²) in [6, 6.07) is 26.7. The summed E-state index contributed by atoms with van der Waals surface area (Å²) in [7, 11) is 1.31. The van der Waals surface area contributed by atoms with Gasteiger partial charge in [-0.1, -0.05) is 66.7 Å². The minimum Gasteiger partial charge on any atom is -0.465 e. The number of fused-ring (bicyclic) bond motifs is 1. The predicted octanol–water partition coefficient (Wildman–Crippen LogP) is 3.91. The van der Waals surface area contributed by atoms with E-state index in [1.165, 1.54) is 12.0 Å².